The summed E-state index contributed by atoms with van der Waals surface area (Å²) in [5.41, 5.74) is 0.353. The highest BCUT2D eigenvalue weighted by Crippen LogP contribution is 2.19. The molecule has 0 N–H and O–H groups in total. The molecule has 0 aliphatic heterocycles. The average Bonchev–Trinajstić information content (AvgIpc) is 2.74. The van der Waals surface area contributed by atoms with E-state index in [1.807, 2.05) is 0 Å². The summed E-state index contributed by atoms with van der Waals surface area (Å²) < 4.78 is 25.4. The summed E-state index contributed by atoms with van der Waals surface area (Å²) in [7, 11) is 0. The van der Waals surface area contributed by atoms with Crippen molar-refractivity contribution in [3.05, 3.63) is 66.7 Å². The molecule has 152 valence electrons. The van der Waals surface area contributed by atoms with E-state index in [2.05, 4.69) is 11.3 Å². The van der Waals surface area contributed by atoms with Gasteiger partial charge in [-0.2, -0.15) is 0 Å². The number of esters is 2. The molecule has 0 saturated carbocycles. The largest absolute Gasteiger partial charge is 0.491 e. The molecule has 0 aliphatic rings. The number of ether oxygens (including phenoxy) is 5. The third-order valence-electron chi connectivity index (χ3n) is 3.44. The van der Waals surface area contributed by atoms with Crippen molar-refractivity contribution in [2.75, 3.05) is 26.4 Å². The van der Waals surface area contributed by atoms with Crippen LogP contribution in [0, 0.1) is 0 Å². The van der Waals surface area contributed by atoms with Crippen molar-refractivity contribution in [3.8, 4) is 17.2 Å². The molecule has 0 aromatic heterocycles. The molecule has 8 heteroatoms. The summed E-state index contributed by atoms with van der Waals surface area (Å²) >= 11 is 0. The second-order valence-electron chi connectivity index (χ2n) is 5.43. The SMILES string of the molecule is C=CC(=O)OCCOCCOc1ccc(C(=O)Oc2ccc(OC=O)cc2)cc1. The molecule has 0 amide bonds. The van der Waals surface area contributed by atoms with Gasteiger partial charge in [-0.15, -0.1) is 0 Å². The van der Waals surface area contributed by atoms with Gasteiger partial charge < -0.3 is 23.7 Å². The van der Waals surface area contributed by atoms with Crippen molar-refractivity contribution in [3.63, 3.8) is 0 Å². The van der Waals surface area contributed by atoms with Gasteiger partial charge in [0.25, 0.3) is 6.47 Å². The first-order chi connectivity index (χ1) is 14.1. The lowest BCUT2D eigenvalue weighted by molar-refractivity contribution is -0.139. The van der Waals surface area contributed by atoms with Crippen molar-refractivity contribution in [2.45, 2.75) is 0 Å². The van der Waals surface area contributed by atoms with Gasteiger partial charge in [0.2, 0.25) is 0 Å². The van der Waals surface area contributed by atoms with Gasteiger partial charge >= 0.3 is 11.9 Å². The predicted molar refractivity (Wildman–Crippen MR) is 102 cm³/mol. The molecule has 0 saturated heterocycles. The number of benzene rings is 2. The molecule has 0 unspecified atom stereocenters. The molecule has 0 spiro atoms. The van der Waals surface area contributed by atoms with Crippen LogP contribution in [0.4, 0.5) is 0 Å². The molecule has 0 radical (unpaired) electrons. The van der Waals surface area contributed by atoms with E-state index in [-0.39, 0.29) is 13.2 Å². The second kappa shape index (κ2) is 11.9. The Hall–Kier alpha value is -3.65. The minimum atomic E-state index is -0.530. The second-order valence-corrected chi connectivity index (χ2v) is 5.43. The molecule has 0 heterocycles. The molecule has 2 aromatic rings. The molecule has 0 bridgehead atoms. The summed E-state index contributed by atoms with van der Waals surface area (Å²) in [4.78, 5) is 33.2. The van der Waals surface area contributed by atoms with Crippen LogP contribution >= 0.6 is 0 Å². The minimum Gasteiger partial charge on any atom is -0.491 e. The number of carbonyl (C=O) groups is 3. The Labute approximate surface area is 167 Å². The van der Waals surface area contributed by atoms with Crippen LogP contribution in [0.3, 0.4) is 0 Å². The highest BCUT2D eigenvalue weighted by Gasteiger charge is 2.09. The van der Waals surface area contributed by atoms with Crippen LogP contribution < -0.4 is 14.2 Å². The fourth-order valence-electron chi connectivity index (χ4n) is 2.08. The first kappa shape index (κ1) is 21.6. The van der Waals surface area contributed by atoms with E-state index < -0.39 is 11.9 Å². The van der Waals surface area contributed by atoms with Crippen LogP contribution in [0.25, 0.3) is 0 Å². The van der Waals surface area contributed by atoms with Gasteiger partial charge in [0, 0.05) is 6.08 Å². The lowest BCUT2D eigenvalue weighted by Gasteiger charge is -2.08. The monoisotopic (exact) mass is 400 g/mol. The maximum atomic E-state index is 12.2. The quantitative estimate of drug-likeness (QED) is 0.176. The molecule has 2 rings (SSSR count). The lowest BCUT2D eigenvalue weighted by atomic mass is 10.2. The van der Waals surface area contributed by atoms with Gasteiger partial charge in [-0.3, -0.25) is 4.79 Å². The van der Waals surface area contributed by atoms with Gasteiger partial charge in [-0.25, -0.2) is 9.59 Å². The third-order valence-corrected chi connectivity index (χ3v) is 3.44. The van der Waals surface area contributed by atoms with Gasteiger partial charge in [-0.05, 0) is 48.5 Å². The van der Waals surface area contributed by atoms with Crippen LogP contribution in [-0.2, 0) is 19.1 Å². The Balaban J connectivity index is 1.70. The van der Waals surface area contributed by atoms with Crippen LogP contribution in [0.2, 0.25) is 0 Å². The van der Waals surface area contributed by atoms with Gasteiger partial charge in [0.05, 0.1) is 18.8 Å². The Morgan fingerprint density at radius 1 is 0.828 bits per heavy atom. The van der Waals surface area contributed by atoms with Gasteiger partial charge in [0.15, 0.2) is 0 Å². The van der Waals surface area contributed by atoms with E-state index in [0.717, 1.165) is 6.08 Å². The molecule has 0 aliphatic carbocycles. The zero-order chi connectivity index (χ0) is 20.9. The van der Waals surface area contributed by atoms with Crippen LogP contribution in [0.1, 0.15) is 10.4 Å². The molecule has 0 atom stereocenters. The van der Waals surface area contributed by atoms with Gasteiger partial charge in [-0.1, -0.05) is 6.58 Å². The van der Waals surface area contributed by atoms with E-state index in [4.69, 9.17) is 18.9 Å². The van der Waals surface area contributed by atoms with E-state index in [9.17, 15) is 14.4 Å². The van der Waals surface area contributed by atoms with Crippen molar-refractivity contribution in [2.24, 2.45) is 0 Å². The standard InChI is InChI=1S/C21H20O8/c1-2-20(23)27-14-12-25-11-13-26-17-5-3-16(4-6-17)21(24)29-19-9-7-18(8-10-19)28-15-22/h2-10,15H,1,11-14H2. The predicted octanol–water partition coefficient (Wildman–Crippen LogP) is 2.57. The van der Waals surface area contributed by atoms with Crippen LogP contribution in [0.5, 0.6) is 17.2 Å². The molecule has 0 fully saturated rings. The Morgan fingerprint density at radius 2 is 1.45 bits per heavy atom. The fraction of sp³-hybridized carbons (Fsp3) is 0.190. The molecular formula is C21H20O8. The molecule has 29 heavy (non-hydrogen) atoms. The zero-order valence-corrected chi connectivity index (χ0v) is 15.6. The number of rotatable bonds is 12. The van der Waals surface area contributed by atoms with Crippen LogP contribution in [-0.4, -0.2) is 44.8 Å². The van der Waals surface area contributed by atoms with E-state index in [0.29, 0.717) is 42.5 Å². The van der Waals surface area contributed by atoms with E-state index >= 15 is 0 Å². The zero-order valence-electron chi connectivity index (χ0n) is 15.6. The third kappa shape index (κ3) is 7.86. The summed E-state index contributed by atoms with van der Waals surface area (Å²) in [5, 5.41) is 0. The van der Waals surface area contributed by atoms with E-state index in [1.54, 1.807) is 24.3 Å². The number of carbonyl (C=O) groups excluding carboxylic acids is 3. The fourth-order valence-corrected chi connectivity index (χ4v) is 2.08. The van der Waals surface area contributed by atoms with Crippen molar-refractivity contribution in [1.29, 1.82) is 0 Å². The first-order valence-corrected chi connectivity index (χ1v) is 8.64. The molecule has 8 nitrogen and oxygen atoms in total. The van der Waals surface area contributed by atoms with Crippen LogP contribution in [0.15, 0.2) is 61.2 Å². The Kier molecular flexibility index (Phi) is 8.91. The van der Waals surface area contributed by atoms with Crippen molar-refractivity contribution < 1.29 is 38.1 Å². The number of hydrogen-bond acceptors (Lipinski definition) is 8. The highest BCUT2D eigenvalue weighted by atomic mass is 16.6. The summed E-state index contributed by atoms with van der Waals surface area (Å²) in [6.45, 7) is 4.63. The Bertz CT molecular complexity index is 812. The average molecular weight is 400 g/mol. The lowest BCUT2D eigenvalue weighted by Crippen LogP contribution is -2.12. The molecular weight excluding hydrogens is 380 g/mol. The summed E-state index contributed by atoms with van der Waals surface area (Å²) in [6.07, 6.45) is 1.09. The Morgan fingerprint density at radius 3 is 2.10 bits per heavy atom. The van der Waals surface area contributed by atoms with Crippen molar-refractivity contribution in [1.82, 2.24) is 0 Å². The smallest absolute Gasteiger partial charge is 0.343 e. The normalized spacial score (nSPS) is 9.93. The van der Waals surface area contributed by atoms with Gasteiger partial charge in [0.1, 0.15) is 30.5 Å². The van der Waals surface area contributed by atoms with Crippen molar-refractivity contribution >= 4 is 18.4 Å². The first-order valence-electron chi connectivity index (χ1n) is 8.64. The maximum Gasteiger partial charge on any atom is 0.343 e. The van der Waals surface area contributed by atoms with E-state index in [1.165, 1.54) is 24.3 Å². The summed E-state index contributed by atoms with van der Waals surface area (Å²) in [6, 6.07) is 12.5. The highest BCUT2D eigenvalue weighted by molar-refractivity contribution is 5.91. The summed E-state index contributed by atoms with van der Waals surface area (Å²) in [5.74, 6) is 0.219. The maximum absolute atomic E-state index is 12.2. The molecule has 2 aromatic carbocycles. The minimum absolute atomic E-state index is 0.147. The number of hydrogen-bond donors (Lipinski definition) is 0. The topological polar surface area (TPSA) is 97.4 Å².